The van der Waals surface area contributed by atoms with E-state index in [2.05, 4.69) is 342 Å². The molecule has 0 saturated heterocycles. The van der Waals surface area contributed by atoms with E-state index in [1.165, 1.54) is 44.5 Å². The van der Waals surface area contributed by atoms with Gasteiger partial charge in [-0.05, 0) is 0 Å². The van der Waals surface area contributed by atoms with Crippen LogP contribution in [-0.4, -0.2) is 176 Å². The summed E-state index contributed by atoms with van der Waals surface area (Å²) in [5, 5.41) is 45.9. The van der Waals surface area contributed by atoms with Crippen molar-refractivity contribution in [1.29, 1.82) is 0 Å². The van der Waals surface area contributed by atoms with Gasteiger partial charge < -0.3 is 5.48 Å². The van der Waals surface area contributed by atoms with Crippen molar-refractivity contribution in [3.05, 3.63) is 320 Å². The first-order valence-electron chi connectivity index (χ1n) is 42.0. The molecule has 1 radical (unpaired) electrons. The van der Waals surface area contributed by atoms with Crippen LogP contribution in [0.1, 0.15) is 66.8 Å². The Kier molecular flexibility index (Phi) is 48.2. The first kappa shape index (κ1) is 121. The quantitative estimate of drug-likeness (QED) is 0.00915. The van der Waals surface area contributed by atoms with Crippen molar-refractivity contribution in [2.24, 2.45) is 30.0 Å². The van der Waals surface area contributed by atoms with Gasteiger partial charge in [-0.15, -0.1) is 17.3 Å². The molecule has 146 heavy (non-hydrogen) atoms. The molecule has 6 bridgehead atoms. The zero-order chi connectivity index (χ0) is 106. The summed E-state index contributed by atoms with van der Waals surface area (Å²) in [6.07, 6.45) is 9.35. The summed E-state index contributed by atoms with van der Waals surface area (Å²) in [4.78, 5) is 54.2. The van der Waals surface area contributed by atoms with Crippen molar-refractivity contribution >= 4 is 257 Å². The van der Waals surface area contributed by atoms with E-state index in [9.17, 15) is 33.7 Å². The van der Waals surface area contributed by atoms with Crippen LogP contribution in [0, 0.1) is 55.4 Å². The zero-order valence-corrected chi connectivity index (χ0v) is 95.9. The van der Waals surface area contributed by atoms with Crippen molar-refractivity contribution in [2.75, 3.05) is 50.0 Å². The van der Waals surface area contributed by atoms with Gasteiger partial charge in [-0.25, -0.2) is 21.0 Å². The van der Waals surface area contributed by atoms with Crippen LogP contribution in [0.5, 0.6) is 0 Å². The van der Waals surface area contributed by atoms with Gasteiger partial charge in [-0.1, -0.05) is 20.2 Å². The van der Waals surface area contributed by atoms with E-state index in [-0.39, 0.29) is 5.48 Å². The van der Waals surface area contributed by atoms with Gasteiger partial charge in [0.05, 0.1) is 25.0 Å². The third-order valence-corrected chi connectivity index (χ3v) is 31.5. The second kappa shape index (κ2) is 58.0. The number of benzene rings is 12. The molecule has 10 N–H and O–H groups in total. The summed E-state index contributed by atoms with van der Waals surface area (Å²) in [6, 6.07) is 89.3. The van der Waals surface area contributed by atoms with Gasteiger partial charge in [-0.2, -0.15) is 33.7 Å². The fourth-order valence-corrected chi connectivity index (χ4v) is 24.2. The number of amidine groups is 4. The van der Waals surface area contributed by atoms with E-state index in [4.69, 9.17) is 69.2 Å². The van der Waals surface area contributed by atoms with E-state index in [1.54, 1.807) is 119 Å². The van der Waals surface area contributed by atoms with Crippen LogP contribution >= 0.6 is 142 Å². The molecule has 18 rings (SSSR count). The predicted octanol–water partition coefficient (Wildman–Crippen LogP) is 24.1. The molecule has 771 valence electrons. The largest absolute Gasteiger partial charge is 0.412 e. The van der Waals surface area contributed by atoms with Gasteiger partial charge in [0.2, 0.25) is 0 Å². The fraction of sp³-hybridized carbons (Fsp3) is 0.167. The van der Waals surface area contributed by atoms with Crippen LogP contribution in [0.3, 0.4) is 0 Å². The molecule has 12 aromatic carbocycles. The van der Waals surface area contributed by atoms with Crippen molar-refractivity contribution in [3.63, 3.8) is 0 Å². The molecule has 0 atom stereocenters. The molecule has 0 fully saturated rings. The molecule has 50 heteroatoms. The standard InChI is InChI=1S/C88H64N8S8.8CH4O3S.Ga.H2O/c1-49-9-25-57(26-10-49)97-65-41-42-66(98-58-27-11-50(2)12-28-58)74-73(65)81-89-82(74)94-84-77-69(101-61-33-17-53(5)18-34-61)45-46-70(102-62-35-19-54(6)20-36-62)78(77)86(91-84)96-88-80-72(104-64-39-23-56(8)24-40-64)48-47-71(103-63-37-21-55(7)22-38-63)79(80)87(92-88)95-85-76-68(100-60-31-15-52(4)16-32-60)44-43-67(75(76)83(90-85)93-81)99-59-29-13-51(3)14-30-59;4*1-5(2,3)4;4*1-5-4-3-2;;/h9-48H,1-8H3;4*1H3,(H,2,3,4);4*2H,1H3;;1H2/q-2;;;;;;;;;+2;. The van der Waals surface area contributed by atoms with Crippen molar-refractivity contribution in [1.82, 2.24) is 6.55 Å². The molecule has 0 unspecified atom stereocenters. The zero-order valence-electron chi connectivity index (χ0n) is 80.4. The van der Waals surface area contributed by atoms with Crippen molar-refractivity contribution in [2.45, 2.75) is 134 Å². The first-order chi connectivity index (χ1) is 68.9. The first-order valence-corrected chi connectivity index (χ1v) is 62.7. The Morgan fingerprint density at radius 2 is 0.397 bits per heavy atom. The van der Waals surface area contributed by atoms with Crippen LogP contribution in [0.4, 0.5) is 11.6 Å². The maximum Gasteiger partial charge on any atom is -0.412 e. The average Bonchev–Trinajstić information content (AvgIpc) is 1.54. The summed E-state index contributed by atoms with van der Waals surface area (Å²) in [6.45, 7) is 17.2. The number of aliphatic imine (C=N–C) groups is 4. The molecule has 6 heterocycles. The summed E-state index contributed by atoms with van der Waals surface area (Å²) < 4.78 is 124. The summed E-state index contributed by atoms with van der Waals surface area (Å²) in [5.74, 6) is 3.93. The number of hydrogen-bond acceptors (Lipinski definition) is 38. The molecule has 0 amide bonds. The minimum absolute atomic E-state index is 0. The molecule has 14 aromatic rings. The van der Waals surface area contributed by atoms with Crippen molar-refractivity contribution < 1.29 is 116 Å². The molecular formula is C96H98GaN8O25S16. The number of aromatic nitrogens is 2. The van der Waals surface area contributed by atoms with E-state index in [0.29, 0.717) is 48.4 Å². The molecule has 0 spiro atoms. The summed E-state index contributed by atoms with van der Waals surface area (Å²) in [5.41, 5.74) is 14.9. The minimum Gasteiger partial charge on any atom is -0.412 e. The maximum atomic E-state index is 9.19. The van der Waals surface area contributed by atoms with Gasteiger partial charge in [-0.3, -0.25) is 18.2 Å². The molecule has 0 aliphatic carbocycles. The van der Waals surface area contributed by atoms with Gasteiger partial charge in [0.15, 0.2) is 0 Å². The third kappa shape index (κ3) is 37.8. The minimum atomic E-state index is -3.67. The van der Waals surface area contributed by atoms with Crippen LogP contribution in [0.25, 0.3) is 21.5 Å². The van der Waals surface area contributed by atoms with Crippen LogP contribution in [0.2, 0.25) is 0 Å². The third-order valence-electron chi connectivity index (χ3n) is 19.1. The predicted molar refractivity (Wildman–Crippen MR) is 590 cm³/mol. The van der Waals surface area contributed by atoms with Gasteiger partial charge in [0.25, 0.3) is 40.5 Å². The second-order valence-electron chi connectivity index (χ2n) is 30.9. The summed E-state index contributed by atoms with van der Waals surface area (Å²) in [7, 11) is -14.7. The Labute approximate surface area is 904 Å². The van der Waals surface area contributed by atoms with E-state index < -0.39 is 58.4 Å². The number of nitrogens with zero attached hydrogens (tertiary/aromatic N) is 8. The van der Waals surface area contributed by atoms with Gasteiger partial charge in [0, 0.05) is 73.2 Å². The topological polar surface area (TPSA) is 488 Å². The molecule has 4 aliphatic rings. The number of aryl methyl sites for hydroxylation is 8. The normalized spacial score (nSPS) is 12.2. The van der Waals surface area contributed by atoms with Crippen LogP contribution < -0.4 is 11.0 Å². The molecule has 4 aliphatic heterocycles. The van der Waals surface area contributed by atoms with Gasteiger partial charge >= 0.3 is 659 Å². The van der Waals surface area contributed by atoms with E-state index >= 15 is 0 Å². The number of hydrogen-bond donors (Lipinski definition) is 8. The van der Waals surface area contributed by atoms with Gasteiger partial charge in [0.1, 0.15) is 0 Å². The second-order valence-corrected chi connectivity index (χ2v) is 50.2. The van der Waals surface area contributed by atoms with E-state index in [0.717, 1.165) is 193 Å². The molecule has 0 saturated carbocycles. The Balaban J connectivity index is 0.000000493. The Hall–Kier alpha value is -8.04. The molecular weight excluding hydrogens is 2250 g/mol. The number of fused-ring (bicyclic) bond motifs is 14. The monoisotopic (exact) mass is 2340 g/mol. The van der Waals surface area contributed by atoms with Crippen LogP contribution in [-0.2, 0) is 78.0 Å². The smallest absolute Gasteiger partial charge is 0.412 e. The molecule has 33 nitrogen and oxygen atoms in total. The van der Waals surface area contributed by atoms with E-state index in [1.807, 2.05) is 0 Å². The van der Waals surface area contributed by atoms with Crippen molar-refractivity contribution in [3.8, 4) is 0 Å². The summed E-state index contributed by atoms with van der Waals surface area (Å²) >= 11 is 15.5. The maximum absolute atomic E-state index is 9.19. The van der Waals surface area contributed by atoms with Crippen LogP contribution in [0.15, 0.2) is 351 Å². The molecule has 2 aromatic heterocycles. The average molecular weight is 2350 g/mol. The Morgan fingerprint density at radius 1 is 0.240 bits per heavy atom. The fourth-order valence-electron chi connectivity index (χ4n) is 13.3. The number of rotatable bonds is 24. The Bertz CT molecular complexity index is 7070. The SMILES string of the molecule is CS(=O)(=O)O.CS(=O)(=O)O.CS(=O)(=O)O.CS(=O)(=O)O.CSOOO.CSOOO.CSOOO.CSOOO.Cc1ccc(Sc2ccc(Sc3ccc(C)cc3)c3c2C2=NC3=Nc3c4c(Sc5ccc(C)cc5)ccc(Sc5ccc(C)cc5)c4c4[n]3[Ga][n]3c(c5c(Sc6ccc(C)cc6)ccc(Sc6ccc(C)cc6)c5c3=NC3=NC(=N4)c4c(Sc5ccc(C)cc5)ccc(Sc5ccc(C)cc5)c43)=N2)cc1.O. The Morgan fingerprint density at radius 3 is 0.562 bits per heavy atom.